The first-order chi connectivity index (χ1) is 19.7. The fraction of sp³-hybridized carbons (Fsp3) is 0.517. The first kappa shape index (κ1) is 30.2. The van der Waals surface area contributed by atoms with E-state index in [1.54, 1.807) is 43.0 Å². The van der Waals surface area contributed by atoms with Crippen LogP contribution in [0.25, 0.3) is 0 Å². The molecule has 1 aromatic carbocycles. The Bertz CT molecular complexity index is 1270. The van der Waals surface area contributed by atoms with Crippen LogP contribution in [0.4, 0.5) is 11.6 Å². The van der Waals surface area contributed by atoms with E-state index in [1.807, 2.05) is 4.90 Å². The van der Waals surface area contributed by atoms with E-state index in [0.29, 0.717) is 30.3 Å². The Morgan fingerprint density at radius 1 is 1.00 bits per heavy atom. The lowest BCUT2D eigenvalue weighted by atomic mass is 9.79. The van der Waals surface area contributed by atoms with Crippen molar-refractivity contribution in [2.75, 3.05) is 36.4 Å². The lowest BCUT2D eigenvalue weighted by Gasteiger charge is -2.34. The number of likely N-dealkylation sites (tertiary alicyclic amines) is 1. The highest BCUT2D eigenvalue weighted by molar-refractivity contribution is 6.34. The van der Waals surface area contributed by atoms with Gasteiger partial charge in [-0.15, -0.1) is 0 Å². The molecular weight excluding hydrogens is 548 g/mol. The van der Waals surface area contributed by atoms with E-state index in [-0.39, 0.29) is 35.9 Å². The number of carboxylic acids is 1. The highest BCUT2D eigenvalue weighted by Gasteiger charge is 2.46. The predicted molar refractivity (Wildman–Crippen MR) is 155 cm³/mol. The summed E-state index contributed by atoms with van der Waals surface area (Å²) in [6.07, 6.45) is 5.87. The van der Waals surface area contributed by atoms with Gasteiger partial charge < -0.3 is 25.5 Å². The predicted octanol–water partition coefficient (Wildman–Crippen LogP) is 3.52. The number of aliphatic carboxylic acids is 1. The second kappa shape index (κ2) is 13.3. The lowest BCUT2D eigenvalue weighted by molar-refractivity contribution is -0.153. The molecular formula is C29H37ClN6O5. The van der Waals surface area contributed by atoms with Crippen LogP contribution in [-0.2, 0) is 20.8 Å². The highest BCUT2D eigenvalue weighted by atomic mass is 35.5. The van der Waals surface area contributed by atoms with Crippen LogP contribution in [0.5, 0.6) is 0 Å². The molecule has 4 rings (SSSR count). The molecule has 2 saturated heterocycles. The van der Waals surface area contributed by atoms with Gasteiger partial charge in [-0.1, -0.05) is 37.6 Å². The molecule has 0 bridgehead atoms. The number of benzene rings is 1. The van der Waals surface area contributed by atoms with E-state index in [4.69, 9.17) is 11.6 Å². The van der Waals surface area contributed by atoms with Crippen molar-refractivity contribution in [1.82, 2.24) is 20.2 Å². The average Bonchev–Trinajstić information content (AvgIpc) is 3.70. The summed E-state index contributed by atoms with van der Waals surface area (Å²) in [6, 6.07) is 5.41. The van der Waals surface area contributed by atoms with Crippen molar-refractivity contribution < 1.29 is 24.3 Å². The monoisotopic (exact) mass is 584 g/mol. The Balaban J connectivity index is 1.42. The normalized spacial score (nSPS) is 16.0. The van der Waals surface area contributed by atoms with Gasteiger partial charge in [0.2, 0.25) is 17.8 Å². The zero-order valence-corrected chi connectivity index (χ0v) is 24.2. The molecule has 2 fully saturated rings. The number of amides is 3. The summed E-state index contributed by atoms with van der Waals surface area (Å²) in [5.41, 5.74) is -0.126. The second-order valence-corrected chi connectivity index (χ2v) is 11.0. The molecule has 3 N–H and O–H groups in total. The Morgan fingerprint density at radius 2 is 1.61 bits per heavy atom. The lowest BCUT2D eigenvalue weighted by Crippen LogP contribution is -2.55. The van der Waals surface area contributed by atoms with Crippen LogP contribution in [0.3, 0.4) is 0 Å². The van der Waals surface area contributed by atoms with Crippen molar-refractivity contribution in [2.45, 2.75) is 64.8 Å². The summed E-state index contributed by atoms with van der Waals surface area (Å²) >= 11 is 6.21. The van der Waals surface area contributed by atoms with E-state index in [1.165, 1.54) is 6.20 Å². The number of halogens is 1. The van der Waals surface area contributed by atoms with Crippen LogP contribution in [0, 0.1) is 5.41 Å². The molecule has 0 saturated carbocycles. The van der Waals surface area contributed by atoms with Gasteiger partial charge in [-0.3, -0.25) is 14.4 Å². The van der Waals surface area contributed by atoms with Crippen molar-refractivity contribution in [3.8, 4) is 0 Å². The van der Waals surface area contributed by atoms with Gasteiger partial charge >= 0.3 is 5.97 Å². The zero-order chi connectivity index (χ0) is 29.6. The molecule has 1 aromatic heterocycles. The molecule has 220 valence electrons. The number of carbonyl (C=O) groups is 4. The number of aromatic nitrogens is 2. The van der Waals surface area contributed by atoms with E-state index >= 15 is 0 Å². The fourth-order valence-corrected chi connectivity index (χ4v) is 5.60. The Kier molecular flexibility index (Phi) is 9.80. The third-order valence-corrected chi connectivity index (χ3v) is 8.31. The van der Waals surface area contributed by atoms with Gasteiger partial charge in [0.1, 0.15) is 11.5 Å². The van der Waals surface area contributed by atoms with Crippen LogP contribution in [0.2, 0.25) is 5.02 Å². The minimum Gasteiger partial charge on any atom is -0.480 e. The van der Waals surface area contributed by atoms with Crippen molar-refractivity contribution in [3.63, 3.8) is 0 Å². The van der Waals surface area contributed by atoms with Crippen LogP contribution >= 0.6 is 11.6 Å². The number of rotatable bonds is 11. The van der Waals surface area contributed by atoms with E-state index in [9.17, 15) is 24.3 Å². The first-order valence-electron chi connectivity index (χ1n) is 14.2. The molecule has 0 aliphatic carbocycles. The number of hydrogen-bond acceptors (Lipinski definition) is 7. The minimum absolute atomic E-state index is 0.00759. The molecule has 2 aliphatic heterocycles. The summed E-state index contributed by atoms with van der Waals surface area (Å²) in [6.45, 7) is 6.44. The maximum absolute atomic E-state index is 13.4. The molecule has 1 unspecified atom stereocenters. The van der Waals surface area contributed by atoms with Gasteiger partial charge in [0.05, 0.1) is 11.2 Å². The number of carboxylic acid groups (broad SMARTS) is 1. The third kappa shape index (κ3) is 6.78. The Morgan fingerprint density at radius 3 is 2.20 bits per heavy atom. The average molecular weight is 585 g/mol. The van der Waals surface area contributed by atoms with Crippen LogP contribution in [-0.4, -0.2) is 75.9 Å². The maximum atomic E-state index is 13.4. The quantitative estimate of drug-likeness (QED) is 0.340. The molecule has 1 atom stereocenters. The van der Waals surface area contributed by atoms with Gasteiger partial charge in [-0.25, -0.2) is 14.8 Å². The first-order valence-corrected chi connectivity index (χ1v) is 14.6. The molecule has 3 heterocycles. The summed E-state index contributed by atoms with van der Waals surface area (Å²) in [5.74, 6) is -2.02. The van der Waals surface area contributed by atoms with Crippen molar-refractivity contribution in [2.24, 2.45) is 5.41 Å². The van der Waals surface area contributed by atoms with Crippen molar-refractivity contribution >= 4 is 46.9 Å². The largest absolute Gasteiger partial charge is 0.480 e. The molecule has 0 spiro atoms. The SMILES string of the molecule is CCC(CC)(C(=O)NC(Cc1ccc(NC(=O)c2nc(N3CCCC3)ncc2Cl)cc1)C(=O)O)C(=O)N1CCCC1. The number of nitrogens with zero attached hydrogens (tertiary/aromatic N) is 4. The molecule has 3 amide bonds. The van der Waals surface area contributed by atoms with Gasteiger partial charge in [0, 0.05) is 38.3 Å². The molecule has 12 heteroatoms. The summed E-state index contributed by atoms with van der Waals surface area (Å²) < 4.78 is 0. The standard InChI is InChI=1S/C29H37ClN6O5/c1-3-29(4-2,27(41)35-13-5-6-14-35)26(40)33-22(25(38)39)17-19-9-11-20(12-10-19)32-24(37)23-21(30)18-31-28(34-23)36-15-7-8-16-36/h9-12,18,22H,3-8,13-17H2,1-2H3,(H,32,37)(H,33,40)(H,38,39). The summed E-state index contributed by atoms with van der Waals surface area (Å²) in [5, 5.41) is 15.4. The van der Waals surface area contributed by atoms with Crippen LogP contribution in [0.15, 0.2) is 30.5 Å². The van der Waals surface area contributed by atoms with Crippen molar-refractivity contribution in [3.05, 3.63) is 46.7 Å². The smallest absolute Gasteiger partial charge is 0.326 e. The van der Waals surface area contributed by atoms with Gasteiger partial charge in [-0.05, 0) is 56.2 Å². The second-order valence-electron chi connectivity index (χ2n) is 10.6. The summed E-state index contributed by atoms with van der Waals surface area (Å²) in [4.78, 5) is 64.0. The summed E-state index contributed by atoms with van der Waals surface area (Å²) in [7, 11) is 0. The third-order valence-electron chi connectivity index (χ3n) is 8.03. The van der Waals surface area contributed by atoms with E-state index < -0.39 is 29.2 Å². The van der Waals surface area contributed by atoms with Gasteiger partial charge in [-0.2, -0.15) is 0 Å². The van der Waals surface area contributed by atoms with Crippen LogP contribution < -0.4 is 15.5 Å². The molecule has 2 aromatic rings. The number of hydrogen-bond donors (Lipinski definition) is 3. The topological polar surface area (TPSA) is 145 Å². The highest BCUT2D eigenvalue weighted by Crippen LogP contribution is 2.31. The minimum atomic E-state index is -1.30. The maximum Gasteiger partial charge on any atom is 0.326 e. The van der Waals surface area contributed by atoms with E-state index in [2.05, 4.69) is 20.6 Å². The van der Waals surface area contributed by atoms with Gasteiger partial charge in [0.15, 0.2) is 5.69 Å². The molecule has 2 aliphatic rings. The Labute approximate surface area is 244 Å². The van der Waals surface area contributed by atoms with Gasteiger partial charge in [0.25, 0.3) is 5.91 Å². The zero-order valence-electron chi connectivity index (χ0n) is 23.5. The van der Waals surface area contributed by atoms with E-state index in [0.717, 1.165) is 38.8 Å². The number of nitrogens with one attached hydrogen (secondary N) is 2. The van der Waals surface area contributed by atoms with Crippen LogP contribution in [0.1, 0.15) is 68.4 Å². The molecule has 0 radical (unpaired) electrons. The molecule has 11 nitrogen and oxygen atoms in total. The van der Waals surface area contributed by atoms with Crippen molar-refractivity contribution in [1.29, 1.82) is 0 Å². The number of carbonyl (C=O) groups excluding carboxylic acids is 3. The Hall–Kier alpha value is -3.73. The molecule has 41 heavy (non-hydrogen) atoms. The fourth-order valence-electron chi connectivity index (χ4n) is 5.43. The number of anilines is 2.